The second-order valence-electron chi connectivity index (χ2n) is 3.70. The summed E-state index contributed by atoms with van der Waals surface area (Å²) in [4.78, 5) is 12.0. The maximum atomic E-state index is 12.0. The van der Waals surface area contributed by atoms with Crippen LogP contribution in [0.1, 0.15) is 12.8 Å². The van der Waals surface area contributed by atoms with Crippen molar-refractivity contribution in [3.63, 3.8) is 0 Å². The first-order valence-corrected chi connectivity index (χ1v) is 4.38. The number of alkyl halides is 2. The number of carboxylic acid groups (broad SMARTS) is 1. The van der Waals surface area contributed by atoms with Gasteiger partial charge in [0.1, 0.15) is 6.04 Å². The van der Waals surface area contributed by atoms with E-state index >= 15 is 0 Å². The van der Waals surface area contributed by atoms with Gasteiger partial charge in [-0.1, -0.05) is 0 Å². The van der Waals surface area contributed by atoms with Gasteiger partial charge in [0, 0.05) is 6.04 Å². The van der Waals surface area contributed by atoms with E-state index in [0.29, 0.717) is 5.92 Å². The van der Waals surface area contributed by atoms with Gasteiger partial charge in [0.25, 0.3) is 6.43 Å². The quantitative estimate of drug-likeness (QED) is 0.668. The average Bonchev–Trinajstić information content (AvgIpc) is 2.71. The van der Waals surface area contributed by atoms with Crippen LogP contribution in [-0.4, -0.2) is 41.0 Å². The van der Waals surface area contributed by atoms with Gasteiger partial charge < -0.3 is 5.11 Å². The SMILES string of the molecule is O=C(O)C1C(C2CC2)N1CC(F)F. The summed E-state index contributed by atoms with van der Waals surface area (Å²) in [6, 6.07) is -0.743. The molecule has 1 N–H and O–H groups in total. The minimum absolute atomic E-state index is 0.105. The first kappa shape index (κ1) is 8.87. The largest absolute Gasteiger partial charge is 0.480 e. The summed E-state index contributed by atoms with van der Waals surface area (Å²) >= 11 is 0. The van der Waals surface area contributed by atoms with Gasteiger partial charge in [-0.05, 0) is 18.8 Å². The van der Waals surface area contributed by atoms with E-state index in [4.69, 9.17) is 5.11 Å². The van der Waals surface area contributed by atoms with Crippen LogP contribution in [0.4, 0.5) is 8.78 Å². The Morgan fingerprint density at radius 2 is 2.15 bits per heavy atom. The third-order valence-corrected chi connectivity index (χ3v) is 2.68. The lowest BCUT2D eigenvalue weighted by Gasteiger charge is -2.00. The Kier molecular flexibility index (Phi) is 1.98. The van der Waals surface area contributed by atoms with Crippen molar-refractivity contribution in [2.45, 2.75) is 31.4 Å². The van der Waals surface area contributed by atoms with Crippen LogP contribution in [-0.2, 0) is 4.79 Å². The topological polar surface area (TPSA) is 40.3 Å². The second-order valence-corrected chi connectivity index (χ2v) is 3.70. The minimum atomic E-state index is -2.43. The smallest absolute Gasteiger partial charge is 0.322 e. The normalized spacial score (nSPS) is 37.9. The number of carboxylic acids is 1. The molecule has 1 heterocycles. The molecule has 1 aliphatic heterocycles. The van der Waals surface area contributed by atoms with Crippen molar-refractivity contribution >= 4 is 5.97 Å². The van der Waals surface area contributed by atoms with Crippen molar-refractivity contribution in [3.8, 4) is 0 Å². The van der Waals surface area contributed by atoms with Crippen LogP contribution < -0.4 is 0 Å². The molecule has 1 saturated heterocycles. The third kappa shape index (κ3) is 1.65. The third-order valence-electron chi connectivity index (χ3n) is 2.68. The number of nitrogens with zero attached hydrogens (tertiary/aromatic N) is 1. The van der Waals surface area contributed by atoms with Crippen molar-refractivity contribution in [2.24, 2.45) is 5.92 Å². The van der Waals surface area contributed by atoms with E-state index in [1.807, 2.05) is 0 Å². The summed E-state index contributed by atoms with van der Waals surface area (Å²) in [6.45, 7) is -0.391. The molecule has 5 heteroatoms. The highest BCUT2D eigenvalue weighted by Gasteiger charge is 2.59. The van der Waals surface area contributed by atoms with Gasteiger partial charge in [0.2, 0.25) is 0 Å². The maximum absolute atomic E-state index is 12.0. The fraction of sp³-hybridized carbons (Fsp3) is 0.875. The van der Waals surface area contributed by atoms with E-state index in [1.165, 1.54) is 4.90 Å². The van der Waals surface area contributed by atoms with Crippen molar-refractivity contribution in [3.05, 3.63) is 0 Å². The highest BCUT2D eigenvalue weighted by atomic mass is 19.3. The molecule has 2 rings (SSSR count). The summed E-state index contributed by atoms with van der Waals surface area (Å²) in [7, 11) is 0. The molecule has 1 aliphatic carbocycles. The zero-order valence-electron chi connectivity index (χ0n) is 6.99. The van der Waals surface area contributed by atoms with E-state index < -0.39 is 25.0 Å². The molecule has 1 saturated carbocycles. The van der Waals surface area contributed by atoms with Crippen molar-refractivity contribution in [1.82, 2.24) is 4.90 Å². The number of hydrogen-bond donors (Lipinski definition) is 1. The molecule has 0 aromatic carbocycles. The second kappa shape index (κ2) is 2.90. The Morgan fingerprint density at radius 1 is 1.54 bits per heavy atom. The molecule has 0 spiro atoms. The van der Waals surface area contributed by atoms with E-state index in [2.05, 4.69) is 0 Å². The molecule has 74 valence electrons. The van der Waals surface area contributed by atoms with Gasteiger partial charge in [-0.3, -0.25) is 9.69 Å². The molecule has 0 aromatic rings. The van der Waals surface area contributed by atoms with Crippen molar-refractivity contribution < 1.29 is 18.7 Å². The molecule has 0 aromatic heterocycles. The predicted molar refractivity (Wildman–Crippen MR) is 40.6 cm³/mol. The van der Waals surface area contributed by atoms with Crippen LogP contribution in [0, 0.1) is 5.92 Å². The van der Waals surface area contributed by atoms with E-state index in [-0.39, 0.29) is 6.04 Å². The number of carbonyl (C=O) groups is 1. The molecule has 3 unspecified atom stereocenters. The summed E-state index contributed by atoms with van der Waals surface area (Å²) < 4.78 is 24.0. The molecular formula is C8H11F2NO2. The average molecular weight is 191 g/mol. The number of rotatable bonds is 4. The fourth-order valence-electron chi connectivity index (χ4n) is 1.95. The van der Waals surface area contributed by atoms with Crippen LogP contribution in [0.25, 0.3) is 0 Å². The van der Waals surface area contributed by atoms with Crippen LogP contribution in [0.3, 0.4) is 0 Å². The standard InChI is InChI=1S/C8H11F2NO2/c9-5(10)3-11-6(4-1-2-4)7(11)8(12)13/h4-7H,1-3H2,(H,12,13). The molecule has 3 atom stereocenters. The van der Waals surface area contributed by atoms with E-state index in [9.17, 15) is 13.6 Å². The van der Waals surface area contributed by atoms with Crippen LogP contribution in [0.5, 0.6) is 0 Å². The number of hydrogen-bond acceptors (Lipinski definition) is 2. The van der Waals surface area contributed by atoms with Gasteiger partial charge >= 0.3 is 5.97 Å². The lowest BCUT2D eigenvalue weighted by molar-refractivity contribution is -0.137. The summed E-state index contributed by atoms with van der Waals surface area (Å²) in [5.41, 5.74) is 0. The van der Waals surface area contributed by atoms with Gasteiger partial charge in [-0.2, -0.15) is 0 Å². The van der Waals surface area contributed by atoms with E-state index in [1.54, 1.807) is 0 Å². The molecule has 2 fully saturated rings. The number of halogens is 2. The van der Waals surface area contributed by atoms with Crippen LogP contribution in [0.15, 0.2) is 0 Å². The molecule has 2 aliphatic rings. The Hall–Kier alpha value is -0.710. The minimum Gasteiger partial charge on any atom is -0.480 e. The maximum Gasteiger partial charge on any atom is 0.322 e. The van der Waals surface area contributed by atoms with Crippen molar-refractivity contribution in [2.75, 3.05) is 6.54 Å². The first-order chi connectivity index (χ1) is 6.11. The lowest BCUT2D eigenvalue weighted by Crippen LogP contribution is -2.16. The Morgan fingerprint density at radius 3 is 2.54 bits per heavy atom. The van der Waals surface area contributed by atoms with E-state index in [0.717, 1.165) is 12.8 Å². The zero-order chi connectivity index (χ0) is 9.59. The van der Waals surface area contributed by atoms with Crippen LogP contribution in [0.2, 0.25) is 0 Å². The monoisotopic (exact) mass is 191 g/mol. The van der Waals surface area contributed by atoms with Gasteiger partial charge in [-0.15, -0.1) is 0 Å². The zero-order valence-corrected chi connectivity index (χ0v) is 6.99. The predicted octanol–water partition coefficient (Wildman–Crippen LogP) is 0.799. The molecule has 0 bridgehead atoms. The summed E-state index contributed by atoms with van der Waals surface area (Å²) in [5.74, 6) is -0.600. The van der Waals surface area contributed by atoms with Gasteiger partial charge in [0.15, 0.2) is 0 Å². The van der Waals surface area contributed by atoms with Gasteiger partial charge in [-0.25, -0.2) is 8.78 Å². The first-order valence-electron chi connectivity index (χ1n) is 4.38. The Bertz CT molecular complexity index is 230. The summed E-state index contributed by atoms with van der Waals surface area (Å²) in [6.07, 6.45) is -0.437. The van der Waals surface area contributed by atoms with Crippen molar-refractivity contribution in [1.29, 1.82) is 0 Å². The molecular weight excluding hydrogens is 180 g/mol. The molecule has 0 amide bonds. The fourth-order valence-corrected chi connectivity index (χ4v) is 1.95. The Balaban J connectivity index is 1.91. The Labute approximate surface area is 74.3 Å². The summed E-state index contributed by atoms with van der Waals surface area (Å²) in [5, 5.41) is 8.70. The molecule has 3 nitrogen and oxygen atoms in total. The molecule has 13 heavy (non-hydrogen) atoms. The lowest BCUT2D eigenvalue weighted by atomic mass is 10.2. The molecule has 0 radical (unpaired) electrons. The highest BCUT2D eigenvalue weighted by Crippen LogP contribution is 2.46. The number of aliphatic carboxylic acids is 1. The van der Waals surface area contributed by atoms with Crippen LogP contribution >= 0.6 is 0 Å². The highest BCUT2D eigenvalue weighted by molar-refractivity contribution is 5.78. The van der Waals surface area contributed by atoms with Gasteiger partial charge in [0.05, 0.1) is 6.54 Å².